The Hall–Kier alpha value is -5.10. The van der Waals surface area contributed by atoms with Crippen molar-refractivity contribution in [2.45, 2.75) is 0 Å². The van der Waals surface area contributed by atoms with Gasteiger partial charge < -0.3 is 19.9 Å². The molecule has 0 unspecified atom stereocenters. The van der Waals surface area contributed by atoms with Crippen LogP contribution in [0.2, 0.25) is 0 Å². The van der Waals surface area contributed by atoms with Gasteiger partial charge in [0.05, 0.1) is 21.3 Å². The van der Waals surface area contributed by atoms with Gasteiger partial charge in [0.25, 0.3) is 0 Å². The first-order chi connectivity index (χ1) is 18.9. The number of ketones is 2. The molecular weight excluding hydrogens is 490 g/mol. The van der Waals surface area contributed by atoms with E-state index < -0.39 is 0 Å². The quantitative estimate of drug-likeness (QED) is 0.149. The van der Waals surface area contributed by atoms with Gasteiger partial charge in [-0.25, -0.2) is 0 Å². The van der Waals surface area contributed by atoms with Crippen LogP contribution < -0.4 is 19.9 Å². The summed E-state index contributed by atoms with van der Waals surface area (Å²) in [6, 6.07) is 29.4. The molecule has 0 radical (unpaired) electrons. The molecule has 0 aliphatic carbocycles. The normalized spacial score (nSPS) is 10.5. The standard InChI is InChI=1S/C18H19NO4.C15H12O/c1-21-16-9-12(10-17(22-2)18(16)23-3)7-8-15(20)13-5-4-6-14(19)11-13;16-15(14-9-5-2-6-10-14)12-11-13-7-3-1-4-8-13/h4-11H,19H2,1-3H3;1-12H/b8-7+;. The third kappa shape index (κ3) is 8.47. The summed E-state index contributed by atoms with van der Waals surface area (Å²) >= 11 is 0. The smallest absolute Gasteiger partial charge is 0.203 e. The van der Waals surface area contributed by atoms with Crippen LogP contribution >= 0.6 is 0 Å². The van der Waals surface area contributed by atoms with E-state index in [0.717, 1.165) is 16.7 Å². The SMILES string of the molecule is COc1cc(/C=C/C(=O)c2cccc(N)c2)cc(OC)c1OC.O=C(C=Cc1ccccc1)c1ccccc1. The molecule has 4 aromatic carbocycles. The molecule has 0 saturated carbocycles. The van der Waals surface area contributed by atoms with Crippen LogP contribution in [0.3, 0.4) is 0 Å². The number of nitrogens with two attached hydrogens (primary N) is 1. The minimum absolute atomic E-state index is 0.0319. The topological polar surface area (TPSA) is 87.8 Å². The average Bonchev–Trinajstić information content (AvgIpc) is 2.99. The van der Waals surface area contributed by atoms with E-state index in [-0.39, 0.29) is 11.6 Å². The molecule has 0 aliphatic rings. The van der Waals surface area contributed by atoms with Crippen molar-refractivity contribution < 1.29 is 23.8 Å². The van der Waals surface area contributed by atoms with Gasteiger partial charge in [0, 0.05) is 16.8 Å². The highest BCUT2D eigenvalue weighted by Gasteiger charge is 2.12. The summed E-state index contributed by atoms with van der Waals surface area (Å²) in [6.07, 6.45) is 6.60. The van der Waals surface area contributed by atoms with Crippen LogP contribution in [-0.4, -0.2) is 32.9 Å². The molecular formula is C33H31NO5. The maximum Gasteiger partial charge on any atom is 0.203 e. The Bertz CT molecular complexity index is 1420. The van der Waals surface area contributed by atoms with Crippen LogP contribution in [0.4, 0.5) is 5.69 Å². The summed E-state index contributed by atoms with van der Waals surface area (Å²) in [4.78, 5) is 23.9. The Morgan fingerprint density at radius 2 is 1.10 bits per heavy atom. The van der Waals surface area contributed by atoms with Gasteiger partial charge in [0.1, 0.15) is 0 Å². The van der Waals surface area contributed by atoms with Crippen LogP contribution in [-0.2, 0) is 0 Å². The van der Waals surface area contributed by atoms with Crippen molar-refractivity contribution in [1.82, 2.24) is 0 Å². The molecule has 2 N–H and O–H groups in total. The van der Waals surface area contributed by atoms with Crippen molar-refractivity contribution in [3.63, 3.8) is 0 Å². The fraction of sp³-hybridized carbons (Fsp3) is 0.0909. The summed E-state index contributed by atoms with van der Waals surface area (Å²) in [7, 11) is 4.63. The second kappa shape index (κ2) is 14.6. The number of methoxy groups -OCH3 is 3. The van der Waals surface area contributed by atoms with Crippen LogP contribution in [0.1, 0.15) is 31.8 Å². The van der Waals surface area contributed by atoms with E-state index in [9.17, 15) is 9.59 Å². The number of ether oxygens (including phenoxy) is 3. The number of hydrogen-bond acceptors (Lipinski definition) is 6. The Morgan fingerprint density at radius 3 is 1.64 bits per heavy atom. The molecule has 198 valence electrons. The van der Waals surface area contributed by atoms with E-state index in [0.29, 0.717) is 28.5 Å². The molecule has 0 amide bonds. The molecule has 6 nitrogen and oxygen atoms in total. The van der Waals surface area contributed by atoms with Gasteiger partial charge >= 0.3 is 0 Å². The molecule has 0 heterocycles. The molecule has 39 heavy (non-hydrogen) atoms. The number of rotatable bonds is 9. The number of benzene rings is 4. The van der Waals surface area contributed by atoms with E-state index in [2.05, 4.69) is 0 Å². The zero-order chi connectivity index (χ0) is 28.0. The molecule has 0 bridgehead atoms. The lowest BCUT2D eigenvalue weighted by atomic mass is 10.1. The van der Waals surface area contributed by atoms with Gasteiger partial charge in [-0.05, 0) is 47.5 Å². The van der Waals surface area contributed by atoms with Crippen molar-refractivity contribution in [3.8, 4) is 17.2 Å². The predicted molar refractivity (Wildman–Crippen MR) is 157 cm³/mol. The maximum atomic E-state index is 12.2. The van der Waals surface area contributed by atoms with E-state index in [4.69, 9.17) is 19.9 Å². The van der Waals surface area contributed by atoms with Crippen molar-refractivity contribution >= 4 is 29.4 Å². The van der Waals surface area contributed by atoms with Gasteiger partial charge in [-0.15, -0.1) is 0 Å². The van der Waals surface area contributed by atoms with E-state index in [1.807, 2.05) is 66.7 Å². The van der Waals surface area contributed by atoms with Crippen molar-refractivity contribution in [3.05, 3.63) is 131 Å². The van der Waals surface area contributed by atoms with Gasteiger partial charge in [-0.3, -0.25) is 9.59 Å². The number of carbonyl (C=O) groups excluding carboxylic acids is 2. The first kappa shape index (κ1) is 28.5. The van der Waals surface area contributed by atoms with Gasteiger partial charge in [-0.1, -0.05) is 84.9 Å². The first-order valence-electron chi connectivity index (χ1n) is 12.2. The second-order valence-electron chi connectivity index (χ2n) is 8.26. The summed E-state index contributed by atoms with van der Waals surface area (Å²) < 4.78 is 15.8. The maximum absolute atomic E-state index is 12.2. The molecule has 0 atom stereocenters. The lowest BCUT2D eigenvalue weighted by molar-refractivity contribution is 0.104. The summed E-state index contributed by atoms with van der Waals surface area (Å²) in [5, 5.41) is 0. The predicted octanol–water partition coefficient (Wildman–Crippen LogP) is 6.77. The van der Waals surface area contributed by atoms with Crippen LogP contribution in [0.15, 0.2) is 109 Å². The van der Waals surface area contributed by atoms with E-state index in [1.165, 1.54) is 6.08 Å². The van der Waals surface area contributed by atoms with Gasteiger partial charge in [-0.2, -0.15) is 0 Å². The Kier molecular flexibility index (Phi) is 10.7. The molecule has 4 aromatic rings. The monoisotopic (exact) mass is 521 g/mol. The minimum atomic E-state index is -0.133. The first-order valence-corrected chi connectivity index (χ1v) is 12.2. The number of nitrogen functional groups attached to an aromatic ring is 1. The van der Waals surface area contributed by atoms with E-state index in [1.54, 1.807) is 69.9 Å². The fourth-order valence-corrected chi connectivity index (χ4v) is 3.59. The summed E-state index contributed by atoms with van der Waals surface area (Å²) in [5.74, 6) is 1.47. The third-order valence-electron chi connectivity index (χ3n) is 5.57. The Labute approximate surface area is 229 Å². The van der Waals surface area contributed by atoms with Crippen molar-refractivity contribution in [2.75, 3.05) is 27.1 Å². The minimum Gasteiger partial charge on any atom is -0.493 e. The van der Waals surface area contributed by atoms with E-state index >= 15 is 0 Å². The Balaban J connectivity index is 0.000000230. The number of hydrogen-bond donors (Lipinski definition) is 1. The third-order valence-corrected chi connectivity index (χ3v) is 5.57. The number of anilines is 1. The van der Waals surface area contributed by atoms with Crippen LogP contribution in [0.25, 0.3) is 12.2 Å². The zero-order valence-corrected chi connectivity index (χ0v) is 22.2. The Morgan fingerprint density at radius 1 is 0.590 bits per heavy atom. The van der Waals surface area contributed by atoms with Crippen LogP contribution in [0.5, 0.6) is 17.2 Å². The highest BCUT2D eigenvalue weighted by atomic mass is 16.5. The van der Waals surface area contributed by atoms with Gasteiger partial charge in [0.15, 0.2) is 23.1 Å². The summed E-state index contributed by atoms with van der Waals surface area (Å²) in [5.41, 5.74) is 9.29. The van der Waals surface area contributed by atoms with Gasteiger partial charge in [0.2, 0.25) is 5.75 Å². The summed E-state index contributed by atoms with van der Waals surface area (Å²) in [6.45, 7) is 0. The highest BCUT2D eigenvalue weighted by Crippen LogP contribution is 2.38. The molecule has 0 saturated heterocycles. The average molecular weight is 522 g/mol. The van der Waals surface area contributed by atoms with Crippen LogP contribution in [0, 0.1) is 0 Å². The molecule has 4 rings (SSSR count). The fourth-order valence-electron chi connectivity index (χ4n) is 3.59. The second-order valence-corrected chi connectivity index (χ2v) is 8.26. The largest absolute Gasteiger partial charge is 0.493 e. The molecule has 0 fully saturated rings. The molecule has 6 heteroatoms. The number of allylic oxidation sites excluding steroid dienone is 2. The lowest BCUT2D eigenvalue weighted by Gasteiger charge is -2.12. The zero-order valence-electron chi connectivity index (χ0n) is 22.2. The number of carbonyl (C=O) groups is 2. The molecule has 0 aromatic heterocycles. The van der Waals surface area contributed by atoms with Crippen molar-refractivity contribution in [2.24, 2.45) is 0 Å². The highest BCUT2D eigenvalue weighted by molar-refractivity contribution is 6.07. The van der Waals surface area contributed by atoms with Crippen molar-refractivity contribution in [1.29, 1.82) is 0 Å². The lowest BCUT2D eigenvalue weighted by Crippen LogP contribution is -1.97. The molecule has 0 aliphatic heterocycles. The molecule has 0 spiro atoms.